The lowest BCUT2D eigenvalue weighted by atomic mass is 9.93. The minimum atomic E-state index is -1.09. The average molecular weight is 216 g/mol. The zero-order valence-electron chi connectivity index (χ0n) is 9.66. The third kappa shape index (κ3) is 5.40. The molecule has 0 fully saturated rings. The number of carbonyl (C=O) groups excluding carboxylic acids is 1. The number of hydrogen-bond donors (Lipinski definition) is 1. The van der Waals surface area contributed by atoms with Gasteiger partial charge in [-0.1, -0.05) is 26.7 Å². The number of aliphatic carboxylic acids is 1. The molecule has 0 amide bonds. The fourth-order valence-corrected chi connectivity index (χ4v) is 1.55. The topological polar surface area (TPSA) is 63.6 Å². The van der Waals surface area contributed by atoms with E-state index in [9.17, 15) is 9.59 Å². The summed E-state index contributed by atoms with van der Waals surface area (Å²) in [6.07, 6.45) is 2.29. The maximum absolute atomic E-state index is 11.3. The van der Waals surface area contributed by atoms with E-state index in [1.807, 2.05) is 13.8 Å². The Labute approximate surface area is 90.6 Å². The first-order valence-electron chi connectivity index (χ1n) is 5.42. The lowest BCUT2D eigenvalue weighted by Gasteiger charge is -2.15. The molecule has 0 saturated carbocycles. The van der Waals surface area contributed by atoms with Gasteiger partial charge in [0.15, 0.2) is 5.92 Å². The van der Waals surface area contributed by atoms with Gasteiger partial charge >= 0.3 is 11.9 Å². The van der Waals surface area contributed by atoms with E-state index in [1.54, 1.807) is 6.92 Å². The van der Waals surface area contributed by atoms with E-state index in [0.29, 0.717) is 6.42 Å². The first kappa shape index (κ1) is 13.9. The van der Waals surface area contributed by atoms with E-state index in [4.69, 9.17) is 9.84 Å². The zero-order valence-corrected chi connectivity index (χ0v) is 9.66. The average Bonchev–Trinajstić information content (AvgIpc) is 2.14. The van der Waals surface area contributed by atoms with Crippen molar-refractivity contribution in [3.8, 4) is 0 Å². The molecule has 0 aliphatic carbocycles. The normalized spacial score (nSPS) is 14.3. The van der Waals surface area contributed by atoms with Crippen molar-refractivity contribution in [1.29, 1.82) is 0 Å². The van der Waals surface area contributed by atoms with Gasteiger partial charge in [-0.25, -0.2) is 0 Å². The standard InChI is InChI=1S/C11H20O4/c1-4-6-8(3)7-9(10(12)13)11(14)15-5-2/h8-9H,4-7H2,1-3H3,(H,12,13). The highest BCUT2D eigenvalue weighted by Gasteiger charge is 2.28. The van der Waals surface area contributed by atoms with E-state index in [2.05, 4.69) is 0 Å². The van der Waals surface area contributed by atoms with Gasteiger partial charge < -0.3 is 9.84 Å². The number of hydrogen-bond acceptors (Lipinski definition) is 3. The van der Waals surface area contributed by atoms with E-state index in [-0.39, 0.29) is 12.5 Å². The van der Waals surface area contributed by atoms with Crippen LogP contribution >= 0.6 is 0 Å². The Morgan fingerprint density at radius 3 is 2.33 bits per heavy atom. The molecule has 0 saturated heterocycles. The summed E-state index contributed by atoms with van der Waals surface area (Å²) in [5, 5.41) is 8.89. The monoisotopic (exact) mass is 216 g/mol. The Kier molecular flexibility index (Phi) is 6.75. The molecule has 1 N–H and O–H groups in total. The molecule has 0 heterocycles. The van der Waals surface area contributed by atoms with Gasteiger partial charge in [-0.2, -0.15) is 0 Å². The maximum atomic E-state index is 11.3. The molecule has 0 bridgehead atoms. The quantitative estimate of drug-likeness (QED) is 0.522. The lowest BCUT2D eigenvalue weighted by molar-refractivity contribution is -0.159. The largest absolute Gasteiger partial charge is 0.481 e. The summed E-state index contributed by atoms with van der Waals surface area (Å²) < 4.78 is 4.72. The fraction of sp³-hybridized carbons (Fsp3) is 0.818. The molecule has 4 nitrogen and oxygen atoms in total. The van der Waals surface area contributed by atoms with Gasteiger partial charge in [-0.15, -0.1) is 0 Å². The molecule has 0 aliphatic rings. The molecule has 0 aliphatic heterocycles. The van der Waals surface area contributed by atoms with E-state index < -0.39 is 17.9 Å². The third-order valence-electron chi connectivity index (χ3n) is 2.29. The van der Waals surface area contributed by atoms with Crippen molar-refractivity contribution in [2.24, 2.45) is 11.8 Å². The number of ether oxygens (including phenoxy) is 1. The molecular formula is C11H20O4. The van der Waals surface area contributed by atoms with Crippen LogP contribution in [0.5, 0.6) is 0 Å². The van der Waals surface area contributed by atoms with Crippen LogP contribution < -0.4 is 0 Å². The van der Waals surface area contributed by atoms with Gasteiger partial charge in [-0.3, -0.25) is 9.59 Å². The summed E-state index contributed by atoms with van der Waals surface area (Å²) in [5.74, 6) is -2.48. The predicted molar refractivity (Wildman–Crippen MR) is 56.4 cm³/mol. The van der Waals surface area contributed by atoms with Crippen molar-refractivity contribution < 1.29 is 19.4 Å². The Morgan fingerprint density at radius 2 is 1.93 bits per heavy atom. The molecule has 2 atom stereocenters. The van der Waals surface area contributed by atoms with Crippen molar-refractivity contribution in [1.82, 2.24) is 0 Å². The summed E-state index contributed by atoms with van der Waals surface area (Å²) in [6, 6.07) is 0. The Hall–Kier alpha value is -1.06. The highest BCUT2D eigenvalue weighted by Crippen LogP contribution is 2.18. The van der Waals surface area contributed by atoms with Crippen molar-refractivity contribution >= 4 is 11.9 Å². The highest BCUT2D eigenvalue weighted by molar-refractivity contribution is 5.93. The van der Waals surface area contributed by atoms with Gasteiger partial charge in [0.05, 0.1) is 6.61 Å². The molecule has 0 aromatic rings. The lowest BCUT2D eigenvalue weighted by Crippen LogP contribution is -2.27. The molecule has 2 unspecified atom stereocenters. The second-order valence-electron chi connectivity index (χ2n) is 3.77. The number of esters is 1. The third-order valence-corrected chi connectivity index (χ3v) is 2.29. The fourth-order valence-electron chi connectivity index (χ4n) is 1.55. The Morgan fingerprint density at radius 1 is 1.33 bits per heavy atom. The summed E-state index contributed by atoms with van der Waals surface area (Å²) in [4.78, 5) is 22.2. The molecule has 0 aromatic heterocycles. The van der Waals surface area contributed by atoms with Crippen LogP contribution in [-0.4, -0.2) is 23.7 Å². The summed E-state index contributed by atoms with van der Waals surface area (Å²) in [5.41, 5.74) is 0. The Balaban J connectivity index is 4.27. The van der Waals surface area contributed by atoms with E-state index in [0.717, 1.165) is 12.8 Å². The van der Waals surface area contributed by atoms with Gasteiger partial charge in [-0.05, 0) is 19.3 Å². The van der Waals surface area contributed by atoms with Crippen LogP contribution in [0.15, 0.2) is 0 Å². The van der Waals surface area contributed by atoms with Gasteiger partial charge in [0.25, 0.3) is 0 Å². The van der Waals surface area contributed by atoms with Crippen LogP contribution in [0.3, 0.4) is 0 Å². The van der Waals surface area contributed by atoms with Crippen LogP contribution in [0.4, 0.5) is 0 Å². The van der Waals surface area contributed by atoms with Crippen LogP contribution in [0.2, 0.25) is 0 Å². The van der Waals surface area contributed by atoms with E-state index in [1.165, 1.54) is 0 Å². The number of carboxylic acids is 1. The maximum Gasteiger partial charge on any atom is 0.320 e. The zero-order chi connectivity index (χ0) is 11.8. The number of carboxylic acid groups (broad SMARTS) is 1. The second-order valence-corrected chi connectivity index (χ2v) is 3.77. The van der Waals surface area contributed by atoms with Crippen LogP contribution in [0.1, 0.15) is 40.0 Å². The smallest absolute Gasteiger partial charge is 0.320 e. The van der Waals surface area contributed by atoms with Gasteiger partial charge in [0.2, 0.25) is 0 Å². The van der Waals surface area contributed by atoms with Crippen molar-refractivity contribution in [3.05, 3.63) is 0 Å². The van der Waals surface area contributed by atoms with Crippen molar-refractivity contribution in [2.75, 3.05) is 6.61 Å². The molecule has 0 rings (SSSR count). The van der Waals surface area contributed by atoms with Gasteiger partial charge in [0, 0.05) is 0 Å². The predicted octanol–water partition coefficient (Wildman–Crippen LogP) is 2.08. The molecule has 0 radical (unpaired) electrons. The second kappa shape index (κ2) is 7.26. The first-order valence-corrected chi connectivity index (χ1v) is 5.42. The van der Waals surface area contributed by atoms with Crippen LogP contribution in [0, 0.1) is 11.8 Å². The minimum absolute atomic E-state index is 0.227. The van der Waals surface area contributed by atoms with Gasteiger partial charge in [0.1, 0.15) is 0 Å². The first-order chi connectivity index (χ1) is 7.02. The SMILES string of the molecule is CCCC(C)CC(C(=O)O)C(=O)OCC. The van der Waals surface area contributed by atoms with Crippen molar-refractivity contribution in [2.45, 2.75) is 40.0 Å². The van der Waals surface area contributed by atoms with Crippen molar-refractivity contribution in [3.63, 3.8) is 0 Å². The molecule has 0 spiro atoms. The summed E-state index contributed by atoms with van der Waals surface area (Å²) >= 11 is 0. The summed E-state index contributed by atoms with van der Waals surface area (Å²) in [6.45, 7) is 5.90. The number of carbonyl (C=O) groups is 2. The molecule has 88 valence electrons. The molecule has 4 heteroatoms. The molecule has 15 heavy (non-hydrogen) atoms. The Bertz CT molecular complexity index is 213. The molecular weight excluding hydrogens is 196 g/mol. The van der Waals surface area contributed by atoms with E-state index >= 15 is 0 Å². The van der Waals surface area contributed by atoms with Crippen LogP contribution in [-0.2, 0) is 14.3 Å². The van der Waals surface area contributed by atoms with Crippen LogP contribution in [0.25, 0.3) is 0 Å². The highest BCUT2D eigenvalue weighted by atomic mass is 16.5. The summed E-state index contributed by atoms with van der Waals surface area (Å²) in [7, 11) is 0. The number of rotatable bonds is 7. The minimum Gasteiger partial charge on any atom is -0.481 e. The molecule has 0 aromatic carbocycles.